The third-order valence-corrected chi connectivity index (χ3v) is 6.20. The number of rotatable bonds is 10. The normalized spacial score (nSPS) is 11.6. The quantitative estimate of drug-likeness (QED) is 0.417. The van der Waals surface area contributed by atoms with Gasteiger partial charge in [0.05, 0.1) is 5.75 Å². The van der Waals surface area contributed by atoms with Gasteiger partial charge in [0.15, 0.2) is 0 Å². The molecule has 0 bridgehead atoms. The first-order chi connectivity index (χ1) is 15.6. The number of hydrogen-bond donors (Lipinski definition) is 1. The average Bonchev–Trinajstić information content (AvgIpc) is 2.81. The molecule has 0 radical (unpaired) electrons. The third-order valence-electron chi connectivity index (χ3n) is 4.97. The van der Waals surface area contributed by atoms with Crippen LogP contribution in [0.2, 0.25) is 5.02 Å². The van der Waals surface area contributed by atoms with Crippen LogP contribution in [0.3, 0.4) is 0 Å². The van der Waals surface area contributed by atoms with E-state index >= 15 is 0 Å². The summed E-state index contributed by atoms with van der Waals surface area (Å²) in [5.74, 6) is -0.00242. The van der Waals surface area contributed by atoms with Gasteiger partial charge in [-0.1, -0.05) is 72.3 Å². The Kier molecular flexibility index (Phi) is 9.20. The first-order valence-corrected chi connectivity index (χ1v) is 12.0. The van der Waals surface area contributed by atoms with Crippen molar-refractivity contribution in [1.29, 1.82) is 0 Å². The molecule has 0 aliphatic rings. The third kappa shape index (κ3) is 7.14. The number of amides is 2. The van der Waals surface area contributed by atoms with Gasteiger partial charge in [0.1, 0.15) is 6.04 Å². The lowest BCUT2D eigenvalue weighted by molar-refractivity contribution is -0.139. The second kappa shape index (κ2) is 12.3. The highest BCUT2D eigenvalue weighted by Crippen LogP contribution is 2.21. The number of carbonyl (C=O) groups is 2. The Morgan fingerprint density at radius 3 is 2.25 bits per heavy atom. The van der Waals surface area contributed by atoms with Crippen molar-refractivity contribution in [2.75, 3.05) is 12.3 Å². The second-order valence-electron chi connectivity index (χ2n) is 7.35. The van der Waals surface area contributed by atoms with Crippen molar-refractivity contribution in [2.45, 2.75) is 30.8 Å². The predicted octanol–water partition coefficient (Wildman–Crippen LogP) is 5.21. The topological polar surface area (TPSA) is 49.4 Å². The lowest BCUT2D eigenvalue weighted by atomic mass is 10.0. The van der Waals surface area contributed by atoms with Gasteiger partial charge < -0.3 is 10.2 Å². The van der Waals surface area contributed by atoms with Gasteiger partial charge >= 0.3 is 0 Å². The Bertz CT molecular complexity index is 1010. The van der Waals surface area contributed by atoms with Gasteiger partial charge in [-0.15, -0.1) is 11.8 Å². The van der Waals surface area contributed by atoms with Crippen molar-refractivity contribution in [3.05, 3.63) is 101 Å². The molecule has 0 saturated heterocycles. The first-order valence-electron chi connectivity index (χ1n) is 10.6. The molecule has 0 heterocycles. The maximum atomic E-state index is 13.4. The number of nitrogens with one attached hydrogen (secondary N) is 1. The summed E-state index contributed by atoms with van der Waals surface area (Å²) in [6.45, 7) is 2.69. The Balaban J connectivity index is 1.88. The van der Waals surface area contributed by atoms with Crippen molar-refractivity contribution >= 4 is 35.2 Å². The summed E-state index contributed by atoms with van der Waals surface area (Å²) in [4.78, 5) is 29.2. The minimum Gasteiger partial charge on any atom is -0.355 e. The number of carbonyl (C=O) groups excluding carboxylic acids is 2. The van der Waals surface area contributed by atoms with Gasteiger partial charge in [0.25, 0.3) is 0 Å². The molecule has 1 atom stereocenters. The Morgan fingerprint density at radius 1 is 0.938 bits per heavy atom. The average molecular weight is 467 g/mol. The van der Waals surface area contributed by atoms with Gasteiger partial charge in [-0.2, -0.15) is 0 Å². The zero-order valence-corrected chi connectivity index (χ0v) is 19.6. The number of thioether (sulfide) groups is 1. The van der Waals surface area contributed by atoms with E-state index < -0.39 is 6.04 Å². The summed E-state index contributed by atoms with van der Waals surface area (Å²) >= 11 is 7.65. The molecule has 0 fully saturated rings. The SMILES string of the molecule is CCNC(=O)C(Cc1ccccc1)N(Cc1cccc(Cl)c1)C(=O)CSc1ccccc1. The highest BCUT2D eigenvalue weighted by atomic mass is 35.5. The molecule has 32 heavy (non-hydrogen) atoms. The van der Waals surface area contributed by atoms with E-state index in [4.69, 9.17) is 11.6 Å². The Hall–Kier alpha value is -2.76. The van der Waals surface area contributed by atoms with Crippen LogP contribution in [0.5, 0.6) is 0 Å². The highest BCUT2D eigenvalue weighted by molar-refractivity contribution is 8.00. The van der Waals surface area contributed by atoms with Crippen LogP contribution in [-0.4, -0.2) is 35.1 Å². The molecule has 3 aromatic rings. The van der Waals surface area contributed by atoms with Gasteiger partial charge in [0.2, 0.25) is 11.8 Å². The van der Waals surface area contributed by atoms with E-state index in [-0.39, 0.29) is 17.6 Å². The van der Waals surface area contributed by atoms with Crippen LogP contribution in [0, 0.1) is 0 Å². The van der Waals surface area contributed by atoms with Crippen molar-refractivity contribution in [1.82, 2.24) is 10.2 Å². The molecule has 1 N–H and O–H groups in total. The monoisotopic (exact) mass is 466 g/mol. The molecule has 6 heteroatoms. The molecule has 0 aliphatic carbocycles. The Labute approximate surface area is 199 Å². The number of hydrogen-bond acceptors (Lipinski definition) is 3. The van der Waals surface area contributed by atoms with Crippen molar-refractivity contribution in [3.63, 3.8) is 0 Å². The zero-order valence-electron chi connectivity index (χ0n) is 18.0. The summed E-state index contributed by atoms with van der Waals surface area (Å²) in [6, 6.07) is 26.4. The van der Waals surface area contributed by atoms with E-state index in [2.05, 4.69) is 5.32 Å². The fourth-order valence-corrected chi connectivity index (χ4v) is 4.44. The summed E-state index contributed by atoms with van der Waals surface area (Å²) in [5, 5.41) is 3.51. The number of likely N-dealkylation sites (N-methyl/N-ethyl adjacent to an activating group) is 1. The molecule has 3 aromatic carbocycles. The molecule has 0 saturated carbocycles. The van der Waals surface area contributed by atoms with Gasteiger partial charge in [-0.25, -0.2) is 0 Å². The minimum atomic E-state index is -0.625. The van der Waals surface area contributed by atoms with Crippen LogP contribution in [0.15, 0.2) is 89.8 Å². The van der Waals surface area contributed by atoms with E-state index in [1.807, 2.05) is 85.8 Å². The molecule has 4 nitrogen and oxygen atoms in total. The Morgan fingerprint density at radius 2 is 1.59 bits per heavy atom. The predicted molar refractivity (Wildman–Crippen MR) is 132 cm³/mol. The standard InChI is InChI=1S/C26H27ClN2O2S/c1-2-28-26(31)24(17-20-10-5-3-6-11-20)29(18-21-12-9-13-22(27)16-21)25(30)19-32-23-14-7-4-8-15-23/h3-16,24H,2,17-19H2,1H3,(H,28,31). The van der Waals surface area contributed by atoms with Crippen molar-refractivity contribution in [2.24, 2.45) is 0 Å². The van der Waals surface area contributed by atoms with E-state index in [0.717, 1.165) is 16.0 Å². The molecule has 0 aliphatic heterocycles. The summed E-state index contributed by atoms with van der Waals surface area (Å²) in [7, 11) is 0. The molecular formula is C26H27ClN2O2S. The van der Waals surface area contributed by atoms with Crippen LogP contribution in [0.25, 0.3) is 0 Å². The van der Waals surface area contributed by atoms with E-state index in [1.165, 1.54) is 11.8 Å². The second-order valence-corrected chi connectivity index (χ2v) is 8.84. The highest BCUT2D eigenvalue weighted by Gasteiger charge is 2.30. The zero-order chi connectivity index (χ0) is 22.8. The maximum absolute atomic E-state index is 13.4. The molecular weight excluding hydrogens is 440 g/mol. The van der Waals surface area contributed by atoms with Crippen LogP contribution in [0.1, 0.15) is 18.1 Å². The van der Waals surface area contributed by atoms with E-state index in [0.29, 0.717) is 24.5 Å². The number of halogens is 1. The maximum Gasteiger partial charge on any atom is 0.243 e. The van der Waals surface area contributed by atoms with Crippen LogP contribution in [0.4, 0.5) is 0 Å². The van der Waals surface area contributed by atoms with Gasteiger partial charge in [-0.3, -0.25) is 9.59 Å². The largest absolute Gasteiger partial charge is 0.355 e. The van der Waals surface area contributed by atoms with Crippen LogP contribution >= 0.6 is 23.4 Å². The summed E-state index contributed by atoms with van der Waals surface area (Å²) in [6.07, 6.45) is 0.439. The molecule has 1 unspecified atom stereocenters. The fourth-order valence-electron chi connectivity index (χ4n) is 3.42. The van der Waals surface area contributed by atoms with E-state index in [9.17, 15) is 9.59 Å². The van der Waals surface area contributed by atoms with Crippen molar-refractivity contribution in [3.8, 4) is 0 Å². The minimum absolute atomic E-state index is 0.0917. The molecule has 2 amide bonds. The smallest absolute Gasteiger partial charge is 0.243 e. The summed E-state index contributed by atoms with van der Waals surface area (Å²) in [5.41, 5.74) is 1.89. The molecule has 0 spiro atoms. The lowest BCUT2D eigenvalue weighted by Gasteiger charge is -2.31. The molecule has 3 rings (SSSR count). The van der Waals surface area contributed by atoms with Crippen LogP contribution < -0.4 is 5.32 Å². The van der Waals surface area contributed by atoms with Crippen LogP contribution in [-0.2, 0) is 22.6 Å². The van der Waals surface area contributed by atoms with Gasteiger partial charge in [0, 0.05) is 29.4 Å². The van der Waals surface area contributed by atoms with E-state index in [1.54, 1.807) is 11.0 Å². The number of benzene rings is 3. The van der Waals surface area contributed by atoms with Crippen molar-refractivity contribution < 1.29 is 9.59 Å². The van der Waals surface area contributed by atoms with Gasteiger partial charge in [-0.05, 0) is 42.3 Å². The fraction of sp³-hybridized carbons (Fsp3) is 0.231. The molecule has 0 aromatic heterocycles. The first kappa shape index (κ1) is 23.9. The number of nitrogens with zero attached hydrogens (tertiary/aromatic N) is 1. The summed E-state index contributed by atoms with van der Waals surface area (Å²) < 4.78 is 0. The molecule has 166 valence electrons. The lowest BCUT2D eigenvalue weighted by Crippen LogP contribution is -2.51.